The number of thiazole rings is 1. The third kappa shape index (κ3) is 5.62. The van der Waals surface area contributed by atoms with Crippen LogP contribution in [0.2, 0.25) is 0 Å². The summed E-state index contributed by atoms with van der Waals surface area (Å²) >= 11 is 1.49. The quantitative estimate of drug-likeness (QED) is 0.464. The van der Waals surface area contributed by atoms with Crippen LogP contribution in [0.1, 0.15) is 65.1 Å². The normalized spacial score (nSPS) is 21.0. The Balaban J connectivity index is 1.19. The fourth-order valence-corrected chi connectivity index (χ4v) is 5.47. The van der Waals surface area contributed by atoms with Gasteiger partial charge in [0.1, 0.15) is 6.61 Å². The number of fused-ring (bicyclic) bond motifs is 1. The van der Waals surface area contributed by atoms with E-state index in [9.17, 15) is 4.79 Å². The highest BCUT2D eigenvalue weighted by atomic mass is 32.1. The summed E-state index contributed by atoms with van der Waals surface area (Å²) in [6.07, 6.45) is 10.5. The Morgan fingerprint density at radius 2 is 1.82 bits per heavy atom. The second-order valence-electron chi connectivity index (χ2n) is 10.3. The summed E-state index contributed by atoms with van der Waals surface area (Å²) in [5, 5.41) is 3.63. The van der Waals surface area contributed by atoms with Crippen molar-refractivity contribution in [2.75, 3.05) is 5.32 Å². The first-order chi connectivity index (χ1) is 16.3. The summed E-state index contributed by atoms with van der Waals surface area (Å²) in [5.41, 5.74) is 2.67. The van der Waals surface area contributed by atoms with Gasteiger partial charge in [-0.15, -0.1) is 0 Å². The molecule has 2 aliphatic rings. The third-order valence-electron chi connectivity index (χ3n) is 6.39. The minimum absolute atomic E-state index is 0.0109. The highest BCUT2D eigenvalue weighted by molar-refractivity contribution is 7.22. The number of carbonyl (C=O) groups is 1. The molecule has 0 aliphatic heterocycles. The summed E-state index contributed by atoms with van der Waals surface area (Å²) in [5.74, 6) is 0.728. The summed E-state index contributed by atoms with van der Waals surface area (Å²) in [7, 11) is 0. The van der Waals surface area contributed by atoms with Crippen molar-refractivity contribution in [3.05, 3.63) is 36.4 Å². The van der Waals surface area contributed by atoms with Crippen molar-refractivity contribution in [3.63, 3.8) is 0 Å². The lowest BCUT2D eigenvalue weighted by molar-refractivity contribution is -0.140. The van der Waals surface area contributed by atoms with E-state index in [2.05, 4.69) is 26.3 Å². The molecule has 0 unspecified atom stereocenters. The van der Waals surface area contributed by atoms with Gasteiger partial charge in [0, 0.05) is 23.9 Å². The summed E-state index contributed by atoms with van der Waals surface area (Å²) in [6.45, 7) is 6.59. The molecule has 2 saturated carbocycles. The summed E-state index contributed by atoms with van der Waals surface area (Å²) in [6, 6.07) is 6.07. The van der Waals surface area contributed by atoms with E-state index in [0.29, 0.717) is 23.7 Å². The summed E-state index contributed by atoms with van der Waals surface area (Å²) < 4.78 is 12.9. The van der Waals surface area contributed by atoms with Crippen LogP contribution in [0.5, 0.6) is 0 Å². The molecule has 3 aromatic rings. The van der Waals surface area contributed by atoms with Crippen molar-refractivity contribution in [1.82, 2.24) is 15.0 Å². The predicted octanol–water partition coefficient (Wildman–Crippen LogP) is 5.74. The van der Waals surface area contributed by atoms with Crippen LogP contribution in [0.15, 0.2) is 30.6 Å². The van der Waals surface area contributed by atoms with Gasteiger partial charge in [-0.05, 0) is 64.2 Å². The Morgan fingerprint density at radius 3 is 2.53 bits per heavy atom. The first-order valence-corrected chi connectivity index (χ1v) is 13.0. The second-order valence-corrected chi connectivity index (χ2v) is 11.3. The van der Waals surface area contributed by atoms with Crippen molar-refractivity contribution in [1.29, 1.82) is 0 Å². The fraction of sp³-hybridized carbons (Fsp3) is 0.538. The van der Waals surface area contributed by atoms with Crippen LogP contribution in [0, 0.1) is 5.92 Å². The number of amides is 1. The molecular weight excluding hydrogens is 448 g/mol. The van der Waals surface area contributed by atoms with E-state index in [1.807, 2.05) is 45.3 Å². The number of benzene rings is 1. The van der Waals surface area contributed by atoms with Gasteiger partial charge < -0.3 is 14.8 Å². The number of carbonyl (C=O) groups excluding carboxylic acids is 1. The van der Waals surface area contributed by atoms with Crippen molar-refractivity contribution in [2.24, 2.45) is 5.92 Å². The van der Waals surface area contributed by atoms with Gasteiger partial charge in [0.15, 0.2) is 11.0 Å². The third-order valence-corrected chi connectivity index (χ3v) is 7.33. The van der Waals surface area contributed by atoms with E-state index in [-0.39, 0.29) is 23.5 Å². The Morgan fingerprint density at radius 1 is 1.09 bits per heavy atom. The Labute approximate surface area is 204 Å². The molecule has 2 fully saturated rings. The van der Waals surface area contributed by atoms with Crippen molar-refractivity contribution >= 4 is 32.6 Å². The van der Waals surface area contributed by atoms with Crippen molar-refractivity contribution < 1.29 is 14.3 Å². The number of nitrogens with zero attached hydrogens (tertiary/aromatic N) is 3. The first-order valence-electron chi connectivity index (χ1n) is 12.1. The number of ether oxygens (including phenoxy) is 2. The minimum Gasteiger partial charge on any atom is -0.373 e. The van der Waals surface area contributed by atoms with Crippen LogP contribution < -0.4 is 5.32 Å². The van der Waals surface area contributed by atoms with Gasteiger partial charge in [-0.3, -0.25) is 4.79 Å². The molecule has 0 saturated heterocycles. The molecule has 2 aromatic heterocycles. The van der Waals surface area contributed by atoms with Gasteiger partial charge in [0.05, 0.1) is 28.0 Å². The lowest BCUT2D eigenvalue weighted by atomic mass is 9.81. The van der Waals surface area contributed by atoms with E-state index in [1.54, 1.807) is 0 Å². The lowest BCUT2D eigenvalue weighted by Crippen LogP contribution is -2.42. The SMILES string of the molecule is CC(C)(C)OC1CC(C(=O)Nc2nc3ccc(-c4cnc(COC5CCCC5)nc4)cc3s2)C1. The highest BCUT2D eigenvalue weighted by Gasteiger charge is 2.37. The Bertz CT molecular complexity index is 1140. The molecule has 7 nitrogen and oxygen atoms in total. The molecule has 0 radical (unpaired) electrons. The van der Waals surface area contributed by atoms with Gasteiger partial charge >= 0.3 is 0 Å². The fourth-order valence-electron chi connectivity index (χ4n) is 4.57. The minimum atomic E-state index is -0.175. The zero-order chi connectivity index (χ0) is 23.7. The van der Waals surface area contributed by atoms with Crippen LogP contribution in [-0.2, 0) is 20.9 Å². The van der Waals surface area contributed by atoms with E-state index in [0.717, 1.165) is 47.0 Å². The monoisotopic (exact) mass is 480 g/mol. The van der Waals surface area contributed by atoms with Gasteiger partial charge in [0.2, 0.25) is 5.91 Å². The average Bonchev–Trinajstić information content (AvgIpc) is 3.43. The second kappa shape index (κ2) is 9.68. The molecule has 1 N–H and O–H groups in total. The molecule has 1 aromatic carbocycles. The van der Waals surface area contributed by atoms with Gasteiger partial charge in [0.25, 0.3) is 0 Å². The maximum atomic E-state index is 12.6. The van der Waals surface area contributed by atoms with Gasteiger partial charge in [-0.25, -0.2) is 15.0 Å². The van der Waals surface area contributed by atoms with E-state index in [1.165, 1.54) is 24.2 Å². The lowest BCUT2D eigenvalue weighted by Gasteiger charge is -2.38. The number of anilines is 1. The molecule has 0 spiro atoms. The first kappa shape index (κ1) is 23.3. The standard InChI is InChI=1S/C26H32N4O3S/c1-26(2,3)33-20-10-17(11-20)24(31)30-25-29-21-9-8-16(12-22(21)34-25)18-13-27-23(28-14-18)15-32-19-6-4-5-7-19/h8-9,12-14,17,19-20H,4-7,10-11,15H2,1-3H3,(H,29,30,31). The van der Waals surface area contributed by atoms with Crippen LogP contribution in [0.25, 0.3) is 21.3 Å². The number of rotatable bonds is 7. The smallest absolute Gasteiger partial charge is 0.229 e. The molecule has 180 valence electrons. The van der Waals surface area contributed by atoms with E-state index in [4.69, 9.17) is 9.47 Å². The number of aromatic nitrogens is 3. The van der Waals surface area contributed by atoms with Crippen LogP contribution >= 0.6 is 11.3 Å². The zero-order valence-corrected chi connectivity index (χ0v) is 20.9. The van der Waals surface area contributed by atoms with Crippen molar-refractivity contribution in [3.8, 4) is 11.1 Å². The Hall–Kier alpha value is -2.42. The molecule has 2 heterocycles. The van der Waals surface area contributed by atoms with Gasteiger partial charge in [-0.1, -0.05) is 30.2 Å². The topological polar surface area (TPSA) is 86.2 Å². The van der Waals surface area contributed by atoms with Crippen molar-refractivity contribution in [2.45, 2.75) is 83.7 Å². The molecule has 34 heavy (non-hydrogen) atoms. The molecule has 0 atom stereocenters. The van der Waals surface area contributed by atoms with Crippen LogP contribution in [0.3, 0.4) is 0 Å². The molecule has 0 bridgehead atoms. The molecule has 8 heteroatoms. The zero-order valence-electron chi connectivity index (χ0n) is 20.0. The molecule has 2 aliphatic carbocycles. The highest BCUT2D eigenvalue weighted by Crippen LogP contribution is 2.35. The number of hydrogen-bond donors (Lipinski definition) is 1. The van der Waals surface area contributed by atoms with Crippen LogP contribution in [0.4, 0.5) is 5.13 Å². The largest absolute Gasteiger partial charge is 0.373 e. The maximum Gasteiger partial charge on any atom is 0.229 e. The molecule has 5 rings (SSSR count). The predicted molar refractivity (Wildman–Crippen MR) is 134 cm³/mol. The number of hydrogen-bond acceptors (Lipinski definition) is 7. The van der Waals surface area contributed by atoms with Crippen LogP contribution in [-0.4, -0.2) is 38.7 Å². The van der Waals surface area contributed by atoms with Gasteiger partial charge in [-0.2, -0.15) is 0 Å². The maximum absolute atomic E-state index is 12.6. The Kier molecular flexibility index (Phi) is 6.64. The molecular formula is C26H32N4O3S. The summed E-state index contributed by atoms with van der Waals surface area (Å²) in [4.78, 5) is 26.2. The molecule has 1 amide bonds. The average molecular weight is 481 g/mol. The number of nitrogens with one attached hydrogen (secondary N) is 1. The van der Waals surface area contributed by atoms with E-state index < -0.39 is 0 Å². The van der Waals surface area contributed by atoms with E-state index >= 15 is 0 Å².